The molecule has 3 saturated heterocycles. The van der Waals surface area contributed by atoms with Gasteiger partial charge in [-0.3, -0.25) is 14.4 Å². The van der Waals surface area contributed by atoms with E-state index in [1.807, 2.05) is 34.1 Å². The van der Waals surface area contributed by atoms with Gasteiger partial charge in [0, 0.05) is 43.3 Å². The number of aromatic nitrogens is 4. The Morgan fingerprint density at radius 1 is 0.896 bits per heavy atom. The second-order valence-corrected chi connectivity index (χ2v) is 14.1. The molecule has 3 atom stereocenters. The number of amides is 3. The van der Waals surface area contributed by atoms with Gasteiger partial charge in [0.15, 0.2) is 5.82 Å². The molecule has 4 heterocycles. The van der Waals surface area contributed by atoms with Gasteiger partial charge in [0.25, 0.3) is 11.8 Å². The van der Waals surface area contributed by atoms with Crippen LogP contribution in [0.3, 0.4) is 0 Å². The zero-order valence-corrected chi connectivity index (χ0v) is 27.2. The average molecular weight is 648 g/mol. The Morgan fingerprint density at radius 2 is 1.50 bits per heavy atom. The van der Waals surface area contributed by atoms with Crippen LogP contribution >= 0.6 is 0 Å². The summed E-state index contributed by atoms with van der Waals surface area (Å²) in [6, 6.07) is 14.2. The van der Waals surface area contributed by atoms with E-state index in [1.54, 1.807) is 4.90 Å². The van der Waals surface area contributed by atoms with Gasteiger partial charge in [-0.05, 0) is 127 Å². The molecule has 2 aromatic carbocycles. The summed E-state index contributed by atoms with van der Waals surface area (Å²) in [5, 5.41) is 28.6. The molecule has 0 unspecified atom stereocenters. The minimum absolute atomic E-state index is 0.0428. The highest BCUT2D eigenvalue weighted by Gasteiger charge is 2.54. The van der Waals surface area contributed by atoms with Crippen LogP contribution in [0.2, 0.25) is 0 Å². The number of carbonyl (C=O) groups excluding carboxylic acids is 3. The molecule has 1 saturated carbocycles. The van der Waals surface area contributed by atoms with Crippen LogP contribution in [-0.2, 0) is 23.1 Å². The number of rotatable bonds is 8. The number of likely N-dealkylation sites (tertiary alicyclic amines) is 3. The molecule has 248 valence electrons. The number of carbonyl (C=O) groups is 3. The summed E-state index contributed by atoms with van der Waals surface area (Å²) in [5.74, 6) is 1.10. The van der Waals surface area contributed by atoms with Gasteiger partial charge in [-0.25, -0.2) is 5.10 Å². The fourth-order valence-electron chi connectivity index (χ4n) is 8.80. The first-order chi connectivity index (χ1) is 23.5. The fourth-order valence-corrected chi connectivity index (χ4v) is 8.80. The molecule has 2 aliphatic carbocycles. The minimum atomic E-state index is -0.838. The van der Waals surface area contributed by atoms with Gasteiger partial charge in [-0.1, -0.05) is 12.1 Å². The minimum Gasteiger partial charge on any atom is -0.339 e. The maximum atomic E-state index is 13.5. The molecule has 5 aliphatic rings. The van der Waals surface area contributed by atoms with Crippen LogP contribution in [0.15, 0.2) is 36.4 Å². The highest BCUT2D eigenvalue weighted by Crippen LogP contribution is 2.48. The SMILES string of the molecule is N#C[C@@H]1C[C@@H]2C[C@@H]2N1C(=O)CNCCC1(c2nnn[nH]2)c2ccc(C(=O)N3CCCC3)cc2CCc2cc(C(=O)N3CCCC3)ccc21. The number of benzene rings is 2. The second kappa shape index (κ2) is 12.4. The van der Waals surface area contributed by atoms with Gasteiger partial charge in [0.2, 0.25) is 5.91 Å². The molecule has 12 nitrogen and oxygen atoms in total. The summed E-state index contributed by atoms with van der Waals surface area (Å²) in [5.41, 5.74) is 4.63. The predicted molar refractivity (Wildman–Crippen MR) is 175 cm³/mol. The molecule has 3 aliphatic heterocycles. The van der Waals surface area contributed by atoms with Crippen molar-refractivity contribution < 1.29 is 14.4 Å². The summed E-state index contributed by atoms with van der Waals surface area (Å²) in [4.78, 5) is 45.9. The number of fused-ring (bicyclic) bond motifs is 3. The van der Waals surface area contributed by atoms with Crippen molar-refractivity contribution in [3.63, 3.8) is 0 Å². The molecule has 3 aromatic rings. The highest BCUT2D eigenvalue weighted by atomic mass is 16.2. The molecule has 1 aromatic heterocycles. The average Bonchev–Trinajstić information content (AvgIpc) is 3.73. The Hall–Kier alpha value is -4.63. The number of hydrogen-bond acceptors (Lipinski definition) is 8. The van der Waals surface area contributed by atoms with Crippen molar-refractivity contribution in [1.29, 1.82) is 5.26 Å². The standard InChI is InChI=1S/C36H41N9O3/c37-21-28-19-27-20-31(27)45(28)32(46)22-38-12-11-36(35-39-41-42-40-35)29-9-7-25(33(47)43-13-1-2-14-43)17-23(29)5-6-24-18-26(8-10-30(24)36)34(48)44-15-3-4-16-44/h7-10,17-18,27-28,31,38H,1-6,11-16,19-20,22H2,(H,39,40,41,42)/t27-,28+,31+/m1/s1. The molecule has 0 radical (unpaired) electrons. The lowest BCUT2D eigenvalue weighted by Gasteiger charge is -2.35. The van der Waals surface area contributed by atoms with E-state index in [2.05, 4.69) is 44.1 Å². The molecular weight excluding hydrogens is 606 g/mol. The first-order valence-corrected chi connectivity index (χ1v) is 17.5. The molecule has 8 rings (SSSR count). The van der Waals surface area contributed by atoms with Crippen molar-refractivity contribution in [1.82, 2.24) is 40.6 Å². The third kappa shape index (κ3) is 5.25. The number of aromatic amines is 1. The molecule has 48 heavy (non-hydrogen) atoms. The summed E-state index contributed by atoms with van der Waals surface area (Å²) in [6.45, 7) is 3.72. The van der Waals surface area contributed by atoms with Crippen LogP contribution in [-0.4, -0.2) is 104 Å². The van der Waals surface area contributed by atoms with Gasteiger partial charge in [0.1, 0.15) is 6.04 Å². The van der Waals surface area contributed by atoms with E-state index in [4.69, 9.17) is 0 Å². The Balaban J connectivity index is 1.15. The topological polar surface area (TPSA) is 151 Å². The Kier molecular flexibility index (Phi) is 7.95. The first-order valence-electron chi connectivity index (χ1n) is 17.5. The Labute approximate surface area is 279 Å². The number of nitrogens with zero attached hydrogens (tertiary/aromatic N) is 7. The molecule has 4 fully saturated rings. The van der Waals surface area contributed by atoms with Gasteiger partial charge in [-0.2, -0.15) is 5.26 Å². The number of aryl methyl sites for hydroxylation is 2. The molecule has 0 bridgehead atoms. The van der Waals surface area contributed by atoms with Crippen LogP contribution < -0.4 is 5.32 Å². The van der Waals surface area contributed by atoms with Gasteiger partial charge < -0.3 is 20.0 Å². The van der Waals surface area contributed by atoms with Gasteiger partial charge >= 0.3 is 0 Å². The smallest absolute Gasteiger partial charge is 0.253 e. The van der Waals surface area contributed by atoms with E-state index in [0.717, 1.165) is 87.0 Å². The van der Waals surface area contributed by atoms with E-state index in [9.17, 15) is 19.6 Å². The second-order valence-electron chi connectivity index (χ2n) is 14.1. The molecule has 3 amide bonds. The maximum Gasteiger partial charge on any atom is 0.253 e. The summed E-state index contributed by atoms with van der Waals surface area (Å²) >= 11 is 0. The largest absolute Gasteiger partial charge is 0.339 e. The van der Waals surface area contributed by atoms with Crippen LogP contribution in [0.4, 0.5) is 0 Å². The summed E-state index contributed by atoms with van der Waals surface area (Å²) < 4.78 is 0. The predicted octanol–water partition coefficient (Wildman–Crippen LogP) is 2.60. The zero-order valence-electron chi connectivity index (χ0n) is 27.2. The maximum absolute atomic E-state index is 13.5. The van der Waals surface area contributed by atoms with E-state index < -0.39 is 5.41 Å². The van der Waals surface area contributed by atoms with E-state index in [1.165, 1.54) is 0 Å². The number of nitrogens with one attached hydrogen (secondary N) is 2. The molecule has 0 spiro atoms. The lowest BCUT2D eigenvalue weighted by Crippen LogP contribution is -2.44. The van der Waals surface area contributed by atoms with Crippen molar-refractivity contribution in [2.75, 3.05) is 39.3 Å². The Bertz CT molecular complexity index is 1690. The lowest BCUT2D eigenvalue weighted by molar-refractivity contribution is -0.131. The Morgan fingerprint density at radius 3 is 2.04 bits per heavy atom. The quantitative estimate of drug-likeness (QED) is 0.354. The number of nitriles is 1. The monoisotopic (exact) mass is 647 g/mol. The summed E-state index contributed by atoms with van der Waals surface area (Å²) in [6.07, 6.45) is 7.76. The molecule has 2 N–H and O–H groups in total. The van der Waals surface area contributed by atoms with Gasteiger partial charge in [-0.15, -0.1) is 5.10 Å². The van der Waals surface area contributed by atoms with Crippen molar-refractivity contribution in [2.45, 2.75) is 75.3 Å². The third-order valence-electron chi connectivity index (χ3n) is 11.3. The van der Waals surface area contributed by atoms with Crippen LogP contribution in [0.1, 0.15) is 93.7 Å². The van der Waals surface area contributed by atoms with Crippen LogP contribution in [0, 0.1) is 17.2 Å². The number of piperidine rings is 1. The zero-order chi connectivity index (χ0) is 32.8. The normalized spacial score (nSPS) is 23.6. The molecular formula is C36H41N9O3. The van der Waals surface area contributed by atoms with Crippen LogP contribution in [0.25, 0.3) is 0 Å². The van der Waals surface area contributed by atoms with Crippen molar-refractivity contribution >= 4 is 17.7 Å². The molecule has 12 heteroatoms. The summed E-state index contributed by atoms with van der Waals surface area (Å²) in [7, 11) is 0. The number of tetrazole rings is 1. The van der Waals surface area contributed by atoms with Crippen molar-refractivity contribution in [2.24, 2.45) is 5.92 Å². The highest BCUT2D eigenvalue weighted by molar-refractivity contribution is 5.95. The number of H-pyrrole nitrogens is 1. The van der Waals surface area contributed by atoms with Crippen molar-refractivity contribution in [3.05, 3.63) is 75.6 Å². The van der Waals surface area contributed by atoms with Gasteiger partial charge in [0.05, 0.1) is 18.0 Å². The van der Waals surface area contributed by atoms with E-state index in [-0.39, 0.29) is 36.3 Å². The fraction of sp³-hybridized carbons (Fsp3) is 0.528. The van der Waals surface area contributed by atoms with E-state index in [0.29, 0.717) is 48.7 Å². The first kappa shape index (κ1) is 30.7. The van der Waals surface area contributed by atoms with Crippen molar-refractivity contribution in [3.8, 4) is 6.07 Å². The van der Waals surface area contributed by atoms with E-state index >= 15 is 0 Å². The third-order valence-corrected chi connectivity index (χ3v) is 11.3. The number of hydrogen-bond donors (Lipinski definition) is 2. The lowest BCUT2D eigenvalue weighted by atomic mass is 9.69. The van der Waals surface area contributed by atoms with Crippen LogP contribution in [0.5, 0.6) is 0 Å².